The van der Waals surface area contributed by atoms with Crippen molar-refractivity contribution in [2.45, 2.75) is 91.1 Å². The number of hydrogen-bond donors (Lipinski definition) is 0. The smallest absolute Gasteiger partial charge is 0.0693 e. The van der Waals surface area contributed by atoms with Crippen molar-refractivity contribution >= 4 is 6.71 Å². The van der Waals surface area contributed by atoms with E-state index in [1.807, 2.05) is 0 Å². The lowest BCUT2D eigenvalue weighted by atomic mass is 9.28. The van der Waals surface area contributed by atoms with Gasteiger partial charge in [-0.1, -0.05) is 91.1 Å². The van der Waals surface area contributed by atoms with Gasteiger partial charge in [-0.2, -0.15) is 0 Å². The van der Waals surface area contributed by atoms with Gasteiger partial charge >= 0.3 is 0 Å². The molecule has 15 heavy (non-hydrogen) atoms. The van der Waals surface area contributed by atoms with Crippen molar-refractivity contribution in [1.29, 1.82) is 0 Å². The normalized spacial score (nSPS) is 13.6. The second-order valence-corrected chi connectivity index (χ2v) is 5.73. The van der Waals surface area contributed by atoms with Gasteiger partial charge in [-0.05, 0) is 0 Å². The molecule has 0 aromatic heterocycles. The molecule has 0 N–H and O–H groups in total. The summed E-state index contributed by atoms with van der Waals surface area (Å²) in [6.45, 7) is 15.2. The second kappa shape index (κ2) is 8.24. The molecule has 90 valence electrons. The van der Waals surface area contributed by atoms with E-state index < -0.39 is 0 Å². The van der Waals surface area contributed by atoms with Gasteiger partial charge in [0.2, 0.25) is 0 Å². The van der Waals surface area contributed by atoms with Crippen LogP contribution in [0.25, 0.3) is 0 Å². The molecule has 0 saturated heterocycles. The van der Waals surface area contributed by atoms with Crippen molar-refractivity contribution < 1.29 is 0 Å². The van der Waals surface area contributed by atoms with Crippen LogP contribution in [0.5, 0.6) is 0 Å². The van der Waals surface area contributed by atoms with Crippen LogP contribution in [0.4, 0.5) is 0 Å². The number of rotatable bonds is 8. The Morgan fingerprint density at radius 1 is 0.867 bits per heavy atom. The summed E-state index contributed by atoms with van der Waals surface area (Å²) < 4.78 is 0. The highest BCUT2D eigenvalue weighted by Gasteiger charge is 2.29. The fraction of sp³-hybridized carbons (Fsp3) is 1.00. The van der Waals surface area contributed by atoms with E-state index in [1.165, 1.54) is 32.1 Å². The quantitative estimate of drug-likeness (QED) is 0.358. The van der Waals surface area contributed by atoms with E-state index in [-0.39, 0.29) is 0 Å². The fourth-order valence-electron chi connectivity index (χ4n) is 3.18. The molecule has 0 aromatic rings. The lowest BCUT2D eigenvalue weighted by molar-refractivity contribution is 0.603. The molecule has 0 radical (unpaired) electrons. The molecule has 0 bridgehead atoms. The van der Waals surface area contributed by atoms with Crippen LogP contribution in [0.3, 0.4) is 0 Å². The van der Waals surface area contributed by atoms with Crippen molar-refractivity contribution in [1.82, 2.24) is 0 Å². The van der Waals surface area contributed by atoms with Gasteiger partial charge in [0, 0.05) is 0 Å². The molecule has 0 amide bonds. The molecule has 0 saturated carbocycles. The zero-order valence-electron chi connectivity index (χ0n) is 11.8. The molecule has 0 nitrogen and oxygen atoms in total. The maximum atomic E-state index is 2.40. The highest BCUT2D eigenvalue weighted by molar-refractivity contribution is 6.63. The van der Waals surface area contributed by atoms with Crippen molar-refractivity contribution in [2.24, 2.45) is 0 Å². The van der Waals surface area contributed by atoms with E-state index in [4.69, 9.17) is 0 Å². The molecule has 1 heteroatoms. The summed E-state index contributed by atoms with van der Waals surface area (Å²) in [5, 5.41) is 0. The van der Waals surface area contributed by atoms with Gasteiger partial charge in [0.05, 0.1) is 0 Å². The van der Waals surface area contributed by atoms with Gasteiger partial charge in [-0.3, -0.25) is 0 Å². The Kier molecular flexibility index (Phi) is 8.28. The largest absolute Gasteiger partial charge is 0.148 e. The fourth-order valence-corrected chi connectivity index (χ4v) is 3.18. The molecule has 0 fully saturated rings. The first-order chi connectivity index (χ1) is 7.04. The van der Waals surface area contributed by atoms with Crippen LogP contribution in [-0.2, 0) is 0 Å². The maximum Gasteiger partial charge on any atom is 0.148 e. The summed E-state index contributed by atoms with van der Waals surface area (Å²) in [4.78, 5) is 0. The first-order valence-corrected chi connectivity index (χ1v) is 7.04. The van der Waals surface area contributed by atoms with E-state index in [1.54, 1.807) is 0 Å². The lowest BCUT2D eigenvalue weighted by Crippen LogP contribution is -2.27. The molecular formula is C14H31B. The minimum absolute atomic E-state index is 0.844. The van der Waals surface area contributed by atoms with Crippen LogP contribution in [0.15, 0.2) is 0 Å². The second-order valence-electron chi connectivity index (χ2n) is 5.73. The minimum Gasteiger partial charge on any atom is -0.0693 e. The Balaban J connectivity index is 4.19. The van der Waals surface area contributed by atoms with Gasteiger partial charge in [0.25, 0.3) is 0 Å². The van der Waals surface area contributed by atoms with Crippen LogP contribution in [0.1, 0.15) is 73.6 Å². The van der Waals surface area contributed by atoms with Crippen LogP contribution >= 0.6 is 0 Å². The summed E-state index contributed by atoms with van der Waals surface area (Å²) in [7, 11) is 0. The number of hydrogen-bond acceptors (Lipinski definition) is 0. The van der Waals surface area contributed by atoms with Crippen LogP contribution < -0.4 is 0 Å². The molecule has 1 unspecified atom stereocenters. The van der Waals surface area contributed by atoms with Crippen LogP contribution in [0.2, 0.25) is 17.5 Å². The monoisotopic (exact) mass is 210 g/mol. The third-order valence-electron chi connectivity index (χ3n) is 3.79. The molecule has 0 aliphatic carbocycles. The predicted molar refractivity (Wildman–Crippen MR) is 74.1 cm³/mol. The molecule has 1 atom stereocenters. The van der Waals surface area contributed by atoms with Crippen molar-refractivity contribution in [3.63, 3.8) is 0 Å². The van der Waals surface area contributed by atoms with Gasteiger partial charge in [-0.25, -0.2) is 0 Å². The Morgan fingerprint density at radius 3 is 1.73 bits per heavy atom. The Labute approximate surface area is 98.3 Å². The zero-order valence-corrected chi connectivity index (χ0v) is 11.8. The lowest BCUT2D eigenvalue weighted by Gasteiger charge is -2.29. The minimum atomic E-state index is 0.844. The van der Waals surface area contributed by atoms with E-state index in [9.17, 15) is 0 Å². The Bertz CT molecular complexity index is 132. The van der Waals surface area contributed by atoms with Crippen LogP contribution in [-0.4, -0.2) is 6.71 Å². The first kappa shape index (κ1) is 15.1. The summed E-state index contributed by atoms with van der Waals surface area (Å²) in [6, 6.07) is 0. The molecule has 0 spiro atoms. The summed E-state index contributed by atoms with van der Waals surface area (Å²) >= 11 is 0. The first-order valence-electron chi connectivity index (χ1n) is 7.04. The topological polar surface area (TPSA) is 0 Å². The Morgan fingerprint density at radius 2 is 1.40 bits per heavy atom. The zero-order chi connectivity index (χ0) is 11.8. The molecule has 0 heterocycles. The van der Waals surface area contributed by atoms with E-state index in [2.05, 4.69) is 41.5 Å². The average molecular weight is 210 g/mol. The van der Waals surface area contributed by atoms with Crippen molar-refractivity contribution in [3.8, 4) is 0 Å². The maximum absolute atomic E-state index is 2.40. The summed E-state index contributed by atoms with van der Waals surface area (Å²) in [6.07, 6.45) is 7.02. The average Bonchev–Trinajstić information content (AvgIpc) is 2.15. The highest BCUT2D eigenvalue weighted by atomic mass is 14.1. The number of unbranched alkanes of at least 4 members (excludes halogenated alkanes) is 2. The van der Waals surface area contributed by atoms with E-state index >= 15 is 0 Å². The van der Waals surface area contributed by atoms with Gasteiger partial charge in [0.1, 0.15) is 6.71 Å². The summed E-state index contributed by atoms with van der Waals surface area (Å²) in [5.41, 5.74) is 0. The predicted octanol–water partition coefficient (Wildman–Crippen LogP) is 5.66. The molecule has 0 aliphatic rings. The molecular weight excluding hydrogens is 179 g/mol. The van der Waals surface area contributed by atoms with Crippen molar-refractivity contribution in [3.05, 3.63) is 0 Å². The SMILES string of the molecule is CCCCCC(CC)B(C(C)C)C(C)C. The summed E-state index contributed by atoms with van der Waals surface area (Å²) in [5.74, 6) is 2.64. The molecule has 0 aliphatic heterocycles. The molecule has 0 aromatic carbocycles. The van der Waals surface area contributed by atoms with Crippen LogP contribution in [0, 0.1) is 0 Å². The van der Waals surface area contributed by atoms with E-state index in [0.29, 0.717) is 0 Å². The van der Waals surface area contributed by atoms with Gasteiger partial charge < -0.3 is 0 Å². The van der Waals surface area contributed by atoms with Crippen molar-refractivity contribution in [2.75, 3.05) is 0 Å². The molecule has 0 rings (SSSR count). The third kappa shape index (κ3) is 5.63. The Hall–Kier alpha value is 0.0649. The van der Waals surface area contributed by atoms with Gasteiger partial charge in [-0.15, -0.1) is 0 Å². The van der Waals surface area contributed by atoms with Gasteiger partial charge in [0.15, 0.2) is 0 Å². The highest BCUT2D eigenvalue weighted by Crippen LogP contribution is 2.35. The third-order valence-corrected chi connectivity index (χ3v) is 3.79. The van der Waals surface area contributed by atoms with E-state index in [0.717, 1.165) is 24.2 Å². The standard InChI is InChI=1S/C14H31B/c1-7-9-10-11-14(8-2)15(12(3)4)13(5)6/h12-14H,7-11H2,1-6H3.